The predicted molar refractivity (Wildman–Crippen MR) is 78.8 cm³/mol. The highest BCUT2D eigenvalue weighted by Crippen LogP contribution is 2.23. The van der Waals surface area contributed by atoms with Crippen LogP contribution in [0.1, 0.15) is 16.2 Å². The number of tetrazole rings is 1. The second-order valence-electron chi connectivity index (χ2n) is 4.40. The van der Waals surface area contributed by atoms with Gasteiger partial charge in [-0.25, -0.2) is 4.79 Å². The molecule has 3 rings (SSSR count). The first-order valence-electron chi connectivity index (χ1n) is 6.39. The molecule has 3 aromatic rings. The number of nitriles is 1. The molecule has 0 aliphatic carbocycles. The van der Waals surface area contributed by atoms with E-state index in [0.29, 0.717) is 16.8 Å². The molecule has 0 radical (unpaired) electrons. The molecule has 0 aliphatic heterocycles. The van der Waals surface area contributed by atoms with E-state index >= 15 is 0 Å². The summed E-state index contributed by atoms with van der Waals surface area (Å²) in [5.41, 5.74) is 1.67. The Morgan fingerprint density at radius 3 is 3.04 bits per heavy atom. The molecule has 0 bridgehead atoms. The Labute approximate surface area is 129 Å². The minimum atomic E-state index is -0.495. The fourth-order valence-corrected chi connectivity index (χ4v) is 1.99. The van der Waals surface area contributed by atoms with Gasteiger partial charge in [0.25, 0.3) is 0 Å². The van der Waals surface area contributed by atoms with E-state index in [0.717, 1.165) is 5.39 Å². The van der Waals surface area contributed by atoms with Gasteiger partial charge in [-0.1, -0.05) is 0 Å². The van der Waals surface area contributed by atoms with Crippen molar-refractivity contribution in [3.63, 3.8) is 0 Å². The van der Waals surface area contributed by atoms with E-state index in [4.69, 9.17) is 10.00 Å². The third-order valence-corrected chi connectivity index (χ3v) is 3.04. The minimum absolute atomic E-state index is 0.164. The molecule has 0 unspecified atom stereocenters. The number of allylic oxidation sites excluding steroid dienone is 1. The molecule has 0 saturated carbocycles. The number of carbonyl (C=O) groups excluding carboxylic acids is 1. The van der Waals surface area contributed by atoms with Crippen LogP contribution in [-0.2, 0) is 4.74 Å². The van der Waals surface area contributed by atoms with Crippen molar-refractivity contribution in [2.24, 2.45) is 0 Å². The molecule has 0 atom stereocenters. The average Bonchev–Trinajstić information content (AvgIpc) is 3.25. The van der Waals surface area contributed by atoms with Gasteiger partial charge >= 0.3 is 5.97 Å². The second-order valence-corrected chi connectivity index (χ2v) is 4.40. The molecule has 2 aromatic heterocycles. The van der Waals surface area contributed by atoms with E-state index in [-0.39, 0.29) is 11.4 Å². The van der Waals surface area contributed by atoms with Crippen molar-refractivity contribution >= 4 is 28.1 Å². The number of H-pyrrole nitrogens is 2. The van der Waals surface area contributed by atoms with Gasteiger partial charge in [0.1, 0.15) is 11.6 Å². The molecule has 10 nitrogen and oxygen atoms in total. The number of ether oxygens (including phenoxy) is 1. The van der Waals surface area contributed by atoms with Crippen molar-refractivity contribution in [3.05, 3.63) is 35.9 Å². The number of aromatic nitrogens is 6. The summed E-state index contributed by atoms with van der Waals surface area (Å²) in [6, 6.07) is 5.32. The first-order chi connectivity index (χ1) is 11.2. The molecule has 2 heterocycles. The normalized spacial score (nSPS) is 11.2. The number of benzene rings is 1. The molecule has 0 amide bonds. The van der Waals surface area contributed by atoms with Gasteiger partial charge in [0, 0.05) is 17.3 Å². The zero-order chi connectivity index (χ0) is 16.2. The van der Waals surface area contributed by atoms with E-state index in [1.165, 1.54) is 13.3 Å². The molecular weight excluding hydrogens is 300 g/mol. The van der Waals surface area contributed by atoms with Crippen molar-refractivity contribution in [2.75, 3.05) is 12.4 Å². The summed E-state index contributed by atoms with van der Waals surface area (Å²) >= 11 is 0. The average molecular weight is 310 g/mol. The summed E-state index contributed by atoms with van der Waals surface area (Å²) in [6.45, 7) is 0. The molecule has 10 heteroatoms. The number of methoxy groups -OCH3 is 1. The van der Waals surface area contributed by atoms with Gasteiger partial charge in [-0.3, -0.25) is 5.10 Å². The van der Waals surface area contributed by atoms with Crippen LogP contribution < -0.4 is 5.32 Å². The Hall–Kier alpha value is -3.74. The Morgan fingerprint density at radius 2 is 2.35 bits per heavy atom. The van der Waals surface area contributed by atoms with Crippen LogP contribution in [0.25, 0.3) is 16.5 Å². The number of aromatic amines is 2. The van der Waals surface area contributed by atoms with Gasteiger partial charge in [0.15, 0.2) is 0 Å². The molecule has 3 N–H and O–H groups in total. The Kier molecular flexibility index (Phi) is 3.67. The lowest BCUT2D eigenvalue weighted by molar-refractivity contribution is 0.0603. The summed E-state index contributed by atoms with van der Waals surface area (Å²) in [6.07, 6.45) is 3.01. The quantitative estimate of drug-likeness (QED) is 0.474. The highest BCUT2D eigenvalue weighted by molar-refractivity contribution is 6.04. The van der Waals surface area contributed by atoms with E-state index in [1.54, 1.807) is 18.3 Å². The summed E-state index contributed by atoms with van der Waals surface area (Å²) < 4.78 is 4.76. The standard InChI is InChI=1S/C13H10N8O2/c1-23-13(22)10-3-9(2-7-6-16-17-11(7)10)15-5-8(4-14)12-18-20-21-19-12/h2-3,5-6,15H,1H3,(H,16,17)(H,18,19,20,21). The first kappa shape index (κ1) is 14.2. The monoisotopic (exact) mass is 310 g/mol. The van der Waals surface area contributed by atoms with Crippen molar-refractivity contribution < 1.29 is 9.53 Å². The van der Waals surface area contributed by atoms with Crippen LogP contribution in [0.2, 0.25) is 0 Å². The predicted octanol–water partition coefficient (Wildman–Crippen LogP) is 0.839. The Bertz CT molecular complexity index is 919. The number of fused-ring (bicyclic) bond motifs is 1. The SMILES string of the molecule is COC(=O)c1cc(NC=C(C#N)c2nn[nH]n2)cc2cn[nH]c12. The van der Waals surface area contributed by atoms with E-state index in [1.807, 2.05) is 6.07 Å². The van der Waals surface area contributed by atoms with Crippen molar-refractivity contribution in [3.8, 4) is 6.07 Å². The number of esters is 1. The van der Waals surface area contributed by atoms with Crippen LogP contribution in [0, 0.1) is 11.3 Å². The molecule has 0 saturated heterocycles. The van der Waals surface area contributed by atoms with Gasteiger partial charge in [-0.2, -0.15) is 15.6 Å². The third-order valence-electron chi connectivity index (χ3n) is 3.04. The molecule has 1 aromatic carbocycles. The molecule has 23 heavy (non-hydrogen) atoms. The zero-order valence-corrected chi connectivity index (χ0v) is 11.9. The summed E-state index contributed by atoms with van der Waals surface area (Å²) in [7, 11) is 1.30. The van der Waals surface area contributed by atoms with E-state index in [9.17, 15) is 4.79 Å². The third kappa shape index (κ3) is 2.70. The fraction of sp³-hybridized carbons (Fsp3) is 0.0769. The van der Waals surface area contributed by atoms with Crippen LogP contribution in [0.4, 0.5) is 5.69 Å². The van der Waals surface area contributed by atoms with Crippen LogP contribution in [0.5, 0.6) is 0 Å². The largest absolute Gasteiger partial charge is 0.465 e. The van der Waals surface area contributed by atoms with Gasteiger partial charge in [-0.05, 0) is 17.3 Å². The molecule has 0 spiro atoms. The van der Waals surface area contributed by atoms with Gasteiger partial charge in [0.05, 0.1) is 24.4 Å². The maximum absolute atomic E-state index is 11.9. The van der Waals surface area contributed by atoms with Gasteiger partial charge < -0.3 is 10.1 Å². The van der Waals surface area contributed by atoms with Crippen LogP contribution in [0.3, 0.4) is 0 Å². The number of nitrogens with zero attached hydrogens (tertiary/aromatic N) is 5. The summed E-state index contributed by atoms with van der Waals surface area (Å²) in [5.74, 6) is -0.330. The maximum atomic E-state index is 11.9. The number of nitrogens with one attached hydrogen (secondary N) is 3. The number of anilines is 1. The number of rotatable bonds is 4. The highest BCUT2D eigenvalue weighted by atomic mass is 16.5. The fourth-order valence-electron chi connectivity index (χ4n) is 1.99. The highest BCUT2D eigenvalue weighted by Gasteiger charge is 2.14. The maximum Gasteiger partial charge on any atom is 0.340 e. The first-order valence-corrected chi connectivity index (χ1v) is 6.39. The lowest BCUT2D eigenvalue weighted by Gasteiger charge is -2.06. The second kappa shape index (κ2) is 5.94. The number of hydrogen-bond donors (Lipinski definition) is 3. The van der Waals surface area contributed by atoms with Crippen molar-refractivity contribution in [2.45, 2.75) is 0 Å². The van der Waals surface area contributed by atoms with Crippen LogP contribution >= 0.6 is 0 Å². The molecule has 0 aliphatic rings. The van der Waals surface area contributed by atoms with E-state index in [2.05, 4.69) is 36.1 Å². The Balaban J connectivity index is 1.97. The topological polar surface area (TPSA) is 145 Å². The van der Waals surface area contributed by atoms with Gasteiger partial charge in [-0.15, -0.1) is 10.2 Å². The number of hydrogen-bond acceptors (Lipinski definition) is 8. The Morgan fingerprint density at radius 1 is 1.48 bits per heavy atom. The number of carbonyl (C=O) groups is 1. The van der Waals surface area contributed by atoms with E-state index < -0.39 is 5.97 Å². The summed E-state index contributed by atoms with van der Waals surface area (Å²) in [5, 5.41) is 32.6. The van der Waals surface area contributed by atoms with Gasteiger partial charge in [0.2, 0.25) is 5.82 Å². The smallest absolute Gasteiger partial charge is 0.340 e. The van der Waals surface area contributed by atoms with Crippen molar-refractivity contribution in [1.82, 2.24) is 30.8 Å². The molecule has 114 valence electrons. The van der Waals surface area contributed by atoms with Crippen molar-refractivity contribution in [1.29, 1.82) is 5.26 Å². The molecule has 0 fully saturated rings. The lowest BCUT2D eigenvalue weighted by Crippen LogP contribution is -2.03. The zero-order valence-electron chi connectivity index (χ0n) is 11.9. The molecular formula is C13H10N8O2. The lowest BCUT2D eigenvalue weighted by atomic mass is 10.1. The van der Waals surface area contributed by atoms with Crippen LogP contribution in [0.15, 0.2) is 24.5 Å². The van der Waals surface area contributed by atoms with Crippen LogP contribution in [-0.4, -0.2) is 43.9 Å². The minimum Gasteiger partial charge on any atom is -0.465 e. The summed E-state index contributed by atoms with van der Waals surface area (Å²) in [4.78, 5) is 11.9.